The molecule has 1 aromatic rings. The van der Waals surface area contributed by atoms with E-state index < -0.39 is 24.2 Å². The van der Waals surface area contributed by atoms with Crippen molar-refractivity contribution in [3.05, 3.63) is 29.8 Å². The molecule has 2 heterocycles. The molecule has 3 amide bonds. The zero-order valence-electron chi connectivity index (χ0n) is 24.5. The highest BCUT2D eigenvalue weighted by molar-refractivity contribution is 5.83. The largest absolute Gasteiger partial charge is 0.394 e. The SMILES string of the molecule is CNC(=O)N1CCN(c2cccc(CN3O[C@@H](CO)[C@@H]([C@H](C)O)[C@H]3C(=O)N[C@H]3C[C@H]4C[C@@H]([C@@H]3C)C4(C)C)c2)CC1. The van der Waals surface area contributed by atoms with Crippen LogP contribution in [0.5, 0.6) is 0 Å². The van der Waals surface area contributed by atoms with E-state index >= 15 is 0 Å². The van der Waals surface area contributed by atoms with Crippen molar-refractivity contribution >= 4 is 17.6 Å². The Kier molecular flexibility index (Phi) is 8.34. The quantitative estimate of drug-likeness (QED) is 0.404. The molecule has 222 valence electrons. The summed E-state index contributed by atoms with van der Waals surface area (Å²) in [5.41, 5.74) is 2.35. The first-order chi connectivity index (χ1) is 19.0. The van der Waals surface area contributed by atoms with Crippen molar-refractivity contribution in [2.75, 3.05) is 44.7 Å². The van der Waals surface area contributed by atoms with Crippen LogP contribution in [0, 0.1) is 29.1 Å². The van der Waals surface area contributed by atoms with Crippen LogP contribution in [0.3, 0.4) is 0 Å². The van der Waals surface area contributed by atoms with Crippen LogP contribution in [0.2, 0.25) is 0 Å². The van der Waals surface area contributed by atoms with Gasteiger partial charge in [-0.25, -0.2) is 4.79 Å². The average molecular weight is 558 g/mol. The normalized spacial score (nSPS) is 34.2. The van der Waals surface area contributed by atoms with E-state index in [0.717, 1.165) is 30.8 Å². The fraction of sp³-hybridized carbons (Fsp3) is 0.733. The molecular formula is C30H47N5O5. The Bertz CT molecular complexity index is 1070. The molecule has 10 heteroatoms. The van der Waals surface area contributed by atoms with Gasteiger partial charge in [0.1, 0.15) is 12.1 Å². The van der Waals surface area contributed by atoms with Crippen molar-refractivity contribution in [3.63, 3.8) is 0 Å². The van der Waals surface area contributed by atoms with Gasteiger partial charge in [0.25, 0.3) is 0 Å². The van der Waals surface area contributed by atoms with Gasteiger partial charge >= 0.3 is 6.03 Å². The number of nitrogens with zero attached hydrogens (tertiary/aromatic N) is 3. The number of anilines is 1. The Balaban J connectivity index is 1.30. The second-order valence-corrected chi connectivity index (χ2v) is 12.9. The second-order valence-electron chi connectivity index (χ2n) is 12.9. The van der Waals surface area contributed by atoms with Crippen molar-refractivity contribution in [2.24, 2.45) is 29.1 Å². The van der Waals surface area contributed by atoms with Crippen molar-refractivity contribution in [3.8, 4) is 0 Å². The van der Waals surface area contributed by atoms with Crippen molar-refractivity contribution in [2.45, 2.75) is 71.4 Å². The topological polar surface area (TPSA) is 118 Å². The number of hydrogen-bond acceptors (Lipinski definition) is 7. The van der Waals surface area contributed by atoms with Crippen LogP contribution in [0.4, 0.5) is 10.5 Å². The summed E-state index contributed by atoms with van der Waals surface area (Å²) in [5.74, 6) is 0.925. The first-order valence-corrected chi connectivity index (χ1v) is 14.9. The average Bonchev–Trinajstić information content (AvgIpc) is 3.32. The van der Waals surface area contributed by atoms with Gasteiger partial charge < -0.3 is 30.6 Å². The highest BCUT2D eigenvalue weighted by Crippen LogP contribution is 2.61. The number of urea groups is 1. The summed E-state index contributed by atoms with van der Waals surface area (Å²) in [5, 5.41) is 28.5. The molecule has 4 N–H and O–H groups in total. The minimum Gasteiger partial charge on any atom is -0.394 e. The molecule has 5 aliphatic rings. The number of benzene rings is 1. The summed E-state index contributed by atoms with van der Waals surface area (Å²) >= 11 is 0. The Morgan fingerprint density at radius 3 is 2.50 bits per heavy atom. The minimum absolute atomic E-state index is 0.0571. The molecule has 2 aliphatic heterocycles. The highest BCUT2D eigenvalue weighted by Gasteiger charge is 2.57. The van der Waals surface area contributed by atoms with E-state index in [2.05, 4.69) is 48.4 Å². The summed E-state index contributed by atoms with van der Waals surface area (Å²) < 4.78 is 0. The van der Waals surface area contributed by atoms with Crippen molar-refractivity contribution in [1.29, 1.82) is 0 Å². The lowest BCUT2D eigenvalue weighted by Crippen LogP contribution is -2.62. The third-order valence-corrected chi connectivity index (χ3v) is 10.5. The van der Waals surface area contributed by atoms with Gasteiger partial charge in [0, 0.05) is 50.9 Å². The molecule has 3 aliphatic carbocycles. The molecule has 5 fully saturated rings. The number of rotatable bonds is 7. The molecule has 40 heavy (non-hydrogen) atoms. The summed E-state index contributed by atoms with van der Waals surface area (Å²) in [6, 6.07) is 7.48. The van der Waals surface area contributed by atoms with Gasteiger partial charge in [-0.05, 0) is 60.6 Å². The van der Waals surface area contributed by atoms with E-state index in [0.29, 0.717) is 42.8 Å². The minimum atomic E-state index is -0.822. The fourth-order valence-corrected chi connectivity index (χ4v) is 7.84. The first-order valence-electron chi connectivity index (χ1n) is 14.9. The van der Waals surface area contributed by atoms with Gasteiger partial charge in [0.05, 0.1) is 19.3 Å². The smallest absolute Gasteiger partial charge is 0.317 e. The molecule has 0 radical (unpaired) electrons. The standard InChI is InChI=1S/C30H47N5O5/c1-18-23-14-21(30(23,3)4)15-24(18)32-28(38)27-26(19(2)37)25(17-36)40-35(27)16-20-7-6-8-22(13-20)33-9-11-34(12-10-33)29(39)31-5/h6-8,13,18-19,21,23-27,36-37H,9-12,14-17H2,1-5H3,(H,31,39)(H,32,38)/t18-,19-,21+,23-,24-,25-,26+,27-/m0/s1. The van der Waals surface area contributed by atoms with Gasteiger partial charge in [0.2, 0.25) is 5.91 Å². The zero-order valence-corrected chi connectivity index (χ0v) is 24.5. The van der Waals surface area contributed by atoms with Crippen LogP contribution in [0.15, 0.2) is 24.3 Å². The van der Waals surface area contributed by atoms with Crippen LogP contribution in [0.25, 0.3) is 0 Å². The molecule has 10 nitrogen and oxygen atoms in total. The van der Waals surface area contributed by atoms with Gasteiger partial charge in [-0.3, -0.25) is 9.63 Å². The number of fused-ring (bicyclic) bond motifs is 2. The number of amides is 3. The van der Waals surface area contributed by atoms with Gasteiger partial charge in [-0.1, -0.05) is 32.9 Å². The van der Waals surface area contributed by atoms with Gasteiger partial charge in [0.15, 0.2) is 0 Å². The molecule has 2 bridgehead atoms. The first kappa shape index (κ1) is 29.1. The maximum atomic E-state index is 13.9. The van der Waals surface area contributed by atoms with Crippen LogP contribution < -0.4 is 15.5 Å². The van der Waals surface area contributed by atoms with E-state index in [1.807, 2.05) is 17.0 Å². The maximum Gasteiger partial charge on any atom is 0.317 e. The van der Waals surface area contributed by atoms with Crippen molar-refractivity contribution < 1.29 is 24.6 Å². The number of piperazine rings is 1. The second kappa shape index (κ2) is 11.5. The Hall–Kier alpha value is -2.40. The lowest BCUT2D eigenvalue weighted by molar-refractivity contribution is -0.183. The van der Waals surface area contributed by atoms with E-state index in [-0.39, 0.29) is 24.6 Å². The third kappa shape index (κ3) is 5.31. The lowest BCUT2D eigenvalue weighted by atomic mass is 9.45. The van der Waals surface area contributed by atoms with Crippen LogP contribution in [-0.2, 0) is 16.2 Å². The van der Waals surface area contributed by atoms with E-state index in [1.54, 1.807) is 19.0 Å². The number of hydrogen-bond donors (Lipinski definition) is 4. The fourth-order valence-electron chi connectivity index (χ4n) is 7.84. The molecule has 8 atom stereocenters. The van der Waals surface area contributed by atoms with Gasteiger partial charge in [-0.15, -0.1) is 0 Å². The van der Waals surface area contributed by atoms with E-state index in [1.165, 1.54) is 6.42 Å². The monoisotopic (exact) mass is 557 g/mol. The zero-order chi connectivity index (χ0) is 28.8. The summed E-state index contributed by atoms with van der Waals surface area (Å²) in [4.78, 5) is 36.0. The third-order valence-electron chi connectivity index (χ3n) is 10.5. The van der Waals surface area contributed by atoms with Gasteiger partial charge in [-0.2, -0.15) is 5.06 Å². The number of nitrogens with one attached hydrogen (secondary N) is 2. The number of carbonyl (C=O) groups is 2. The Morgan fingerprint density at radius 2 is 1.90 bits per heavy atom. The summed E-state index contributed by atoms with van der Waals surface area (Å²) in [6.07, 6.45) is 0.728. The highest BCUT2D eigenvalue weighted by atomic mass is 16.7. The van der Waals surface area contributed by atoms with E-state index in [4.69, 9.17) is 4.84 Å². The number of hydroxylamine groups is 2. The van der Waals surface area contributed by atoms with Crippen LogP contribution >= 0.6 is 0 Å². The molecule has 3 saturated carbocycles. The van der Waals surface area contributed by atoms with Crippen molar-refractivity contribution in [1.82, 2.24) is 20.6 Å². The lowest BCUT2D eigenvalue weighted by Gasteiger charge is -2.62. The molecule has 1 aromatic carbocycles. The van der Waals surface area contributed by atoms with Crippen LogP contribution in [0.1, 0.15) is 46.1 Å². The molecule has 0 spiro atoms. The van der Waals surface area contributed by atoms with E-state index in [9.17, 15) is 19.8 Å². The maximum absolute atomic E-state index is 13.9. The predicted octanol–water partition coefficient (Wildman–Crippen LogP) is 1.81. The summed E-state index contributed by atoms with van der Waals surface area (Å²) in [6.45, 7) is 11.4. The number of aliphatic hydroxyl groups excluding tert-OH is 2. The molecule has 2 saturated heterocycles. The van der Waals surface area contributed by atoms with Crippen LogP contribution in [-0.4, -0.2) is 96.2 Å². The molecule has 0 aromatic heterocycles. The predicted molar refractivity (Wildman–Crippen MR) is 152 cm³/mol. The Morgan fingerprint density at radius 1 is 1.18 bits per heavy atom. The number of aliphatic hydroxyl groups is 2. The number of carbonyl (C=O) groups excluding carboxylic acids is 2. The molecule has 6 rings (SSSR count). The Labute approximate surface area is 238 Å². The molecule has 0 unspecified atom stereocenters. The molecular weight excluding hydrogens is 510 g/mol. The summed E-state index contributed by atoms with van der Waals surface area (Å²) in [7, 11) is 1.65.